The number of para-hydroxylation sites is 1. The van der Waals surface area contributed by atoms with Gasteiger partial charge in [-0.25, -0.2) is 4.39 Å². The Kier molecular flexibility index (Phi) is 5.81. The first-order valence-corrected chi connectivity index (χ1v) is 11.2. The first-order chi connectivity index (χ1) is 15.6. The maximum absolute atomic E-state index is 14.2. The van der Waals surface area contributed by atoms with Gasteiger partial charge < -0.3 is 14.7 Å². The number of rotatable bonds is 4. The number of pyridine rings is 1. The Hall–Kier alpha value is -2.96. The second kappa shape index (κ2) is 8.88. The molecule has 1 aromatic heterocycles. The van der Waals surface area contributed by atoms with E-state index in [0.717, 1.165) is 42.2 Å². The number of piperidine rings is 1. The van der Waals surface area contributed by atoms with E-state index in [9.17, 15) is 9.50 Å². The van der Waals surface area contributed by atoms with E-state index >= 15 is 0 Å². The van der Waals surface area contributed by atoms with Gasteiger partial charge in [-0.05, 0) is 54.8 Å². The van der Waals surface area contributed by atoms with Crippen molar-refractivity contribution in [1.82, 2.24) is 9.88 Å². The highest BCUT2D eigenvalue weighted by Crippen LogP contribution is 2.37. The molecule has 1 saturated heterocycles. The molecular formula is C26H28FN3O2. The molecule has 0 spiro atoms. The smallest absolute Gasteiger partial charge is 0.146 e. The van der Waals surface area contributed by atoms with Crippen LogP contribution in [0.2, 0.25) is 0 Å². The van der Waals surface area contributed by atoms with Crippen molar-refractivity contribution in [2.45, 2.75) is 31.5 Å². The van der Waals surface area contributed by atoms with Gasteiger partial charge in [0.05, 0.1) is 17.0 Å². The Balaban J connectivity index is 1.32. The summed E-state index contributed by atoms with van der Waals surface area (Å²) in [5.74, 6) is 0.665. The van der Waals surface area contributed by atoms with Gasteiger partial charge >= 0.3 is 0 Å². The molecule has 0 amide bonds. The predicted octanol–water partition coefficient (Wildman–Crippen LogP) is 4.10. The molecule has 0 bridgehead atoms. The molecule has 1 N–H and O–H groups in total. The summed E-state index contributed by atoms with van der Waals surface area (Å²) in [6.45, 7) is 4.17. The third kappa shape index (κ3) is 4.33. The van der Waals surface area contributed by atoms with Crippen LogP contribution in [-0.2, 0) is 18.7 Å². The number of anilines is 1. The van der Waals surface area contributed by atoms with Crippen molar-refractivity contribution < 1.29 is 14.2 Å². The fraction of sp³-hybridized carbons (Fsp3) is 0.346. The molecular weight excluding hydrogens is 405 g/mol. The highest BCUT2D eigenvalue weighted by Gasteiger charge is 2.35. The van der Waals surface area contributed by atoms with Crippen LogP contribution in [0.1, 0.15) is 29.7 Å². The Labute approximate surface area is 188 Å². The standard InChI is InChI=1S/C26H28FN3O2/c27-23-6-1-2-7-24(23)30-13-10-26(31,11-14-30)21-8-9-25-20(17-21)18-29(15-16-32-25)19-22-5-3-4-12-28-22/h1-9,12,17,31H,10-11,13-16,18-19H2. The molecule has 166 valence electrons. The Morgan fingerprint density at radius 2 is 1.81 bits per heavy atom. The summed E-state index contributed by atoms with van der Waals surface area (Å²) >= 11 is 0. The van der Waals surface area contributed by atoms with E-state index in [1.54, 1.807) is 12.1 Å². The van der Waals surface area contributed by atoms with Gasteiger partial charge in [0.1, 0.15) is 18.2 Å². The minimum atomic E-state index is -0.922. The van der Waals surface area contributed by atoms with Crippen molar-refractivity contribution in [2.24, 2.45) is 0 Å². The number of aliphatic hydroxyl groups is 1. The summed E-state index contributed by atoms with van der Waals surface area (Å²) in [4.78, 5) is 8.79. The predicted molar refractivity (Wildman–Crippen MR) is 122 cm³/mol. The molecule has 0 unspecified atom stereocenters. The Bertz CT molecular complexity index is 1070. The van der Waals surface area contributed by atoms with Crippen LogP contribution >= 0.6 is 0 Å². The zero-order valence-electron chi connectivity index (χ0n) is 18.1. The molecule has 2 aromatic carbocycles. The highest BCUT2D eigenvalue weighted by molar-refractivity contribution is 5.49. The van der Waals surface area contributed by atoms with Crippen LogP contribution in [0.15, 0.2) is 66.9 Å². The Morgan fingerprint density at radius 3 is 2.59 bits per heavy atom. The van der Waals surface area contributed by atoms with Crippen LogP contribution in [0.5, 0.6) is 5.75 Å². The van der Waals surface area contributed by atoms with Crippen molar-refractivity contribution >= 4 is 5.69 Å². The number of hydrogen-bond acceptors (Lipinski definition) is 5. The zero-order valence-corrected chi connectivity index (χ0v) is 18.1. The van der Waals surface area contributed by atoms with Crippen molar-refractivity contribution in [3.8, 4) is 5.75 Å². The third-order valence-electron chi connectivity index (χ3n) is 6.55. The maximum Gasteiger partial charge on any atom is 0.146 e. The average Bonchev–Trinajstić information content (AvgIpc) is 3.02. The number of halogens is 1. The van der Waals surface area contributed by atoms with E-state index in [1.807, 2.05) is 47.5 Å². The second-order valence-corrected chi connectivity index (χ2v) is 8.67. The molecule has 32 heavy (non-hydrogen) atoms. The van der Waals surface area contributed by atoms with E-state index < -0.39 is 5.60 Å². The first-order valence-electron chi connectivity index (χ1n) is 11.2. The largest absolute Gasteiger partial charge is 0.492 e. The van der Waals surface area contributed by atoms with Gasteiger partial charge in [-0.15, -0.1) is 0 Å². The monoisotopic (exact) mass is 433 g/mol. The van der Waals surface area contributed by atoms with Crippen LogP contribution in [0.3, 0.4) is 0 Å². The average molecular weight is 434 g/mol. The fourth-order valence-corrected chi connectivity index (χ4v) is 4.71. The fourth-order valence-electron chi connectivity index (χ4n) is 4.71. The number of fused-ring (bicyclic) bond motifs is 1. The lowest BCUT2D eigenvalue weighted by atomic mass is 9.83. The van der Waals surface area contributed by atoms with E-state index in [4.69, 9.17) is 4.74 Å². The van der Waals surface area contributed by atoms with E-state index in [0.29, 0.717) is 38.2 Å². The number of nitrogens with zero attached hydrogens (tertiary/aromatic N) is 3. The lowest BCUT2D eigenvalue weighted by molar-refractivity contribution is 0.0115. The highest BCUT2D eigenvalue weighted by atomic mass is 19.1. The SMILES string of the molecule is OC1(c2ccc3c(c2)CN(Cc2ccccn2)CCO3)CCN(c2ccccc2F)CC1. The van der Waals surface area contributed by atoms with Crippen molar-refractivity contribution in [3.05, 3.63) is 89.5 Å². The van der Waals surface area contributed by atoms with Crippen LogP contribution in [0.25, 0.3) is 0 Å². The summed E-state index contributed by atoms with van der Waals surface area (Å²) in [5, 5.41) is 11.5. The van der Waals surface area contributed by atoms with E-state index in [1.165, 1.54) is 6.07 Å². The van der Waals surface area contributed by atoms with Gasteiger partial charge in [-0.3, -0.25) is 9.88 Å². The molecule has 2 aliphatic heterocycles. The van der Waals surface area contributed by atoms with Gasteiger partial charge in [-0.1, -0.05) is 24.3 Å². The van der Waals surface area contributed by atoms with Gasteiger partial charge in [-0.2, -0.15) is 0 Å². The molecule has 0 aliphatic carbocycles. The zero-order chi connectivity index (χ0) is 22.0. The number of aromatic nitrogens is 1. The lowest BCUT2D eigenvalue weighted by Crippen LogP contribution is -2.43. The topological polar surface area (TPSA) is 48.8 Å². The van der Waals surface area contributed by atoms with E-state index in [-0.39, 0.29) is 5.82 Å². The molecule has 5 rings (SSSR count). The van der Waals surface area contributed by atoms with E-state index in [2.05, 4.69) is 16.0 Å². The quantitative estimate of drug-likeness (QED) is 0.671. The second-order valence-electron chi connectivity index (χ2n) is 8.67. The number of benzene rings is 2. The van der Waals surface area contributed by atoms with Crippen LogP contribution < -0.4 is 9.64 Å². The summed E-state index contributed by atoms with van der Waals surface area (Å²) in [6, 6.07) is 18.9. The molecule has 3 heterocycles. The molecule has 5 nitrogen and oxygen atoms in total. The van der Waals surface area contributed by atoms with Gasteiger partial charge in [0.25, 0.3) is 0 Å². The van der Waals surface area contributed by atoms with Gasteiger partial charge in [0.2, 0.25) is 0 Å². The normalized spacial score (nSPS) is 18.5. The summed E-state index contributed by atoms with van der Waals surface area (Å²) in [5.41, 5.74) is 2.71. The third-order valence-corrected chi connectivity index (χ3v) is 6.55. The molecule has 0 atom stereocenters. The van der Waals surface area contributed by atoms with Gasteiger partial charge in [0.15, 0.2) is 0 Å². The molecule has 3 aromatic rings. The van der Waals surface area contributed by atoms with Crippen molar-refractivity contribution in [3.63, 3.8) is 0 Å². The Morgan fingerprint density at radius 1 is 1.00 bits per heavy atom. The van der Waals surface area contributed by atoms with Crippen LogP contribution in [-0.4, -0.2) is 41.2 Å². The maximum atomic E-state index is 14.2. The molecule has 2 aliphatic rings. The summed E-state index contributed by atoms with van der Waals surface area (Å²) in [7, 11) is 0. The minimum Gasteiger partial charge on any atom is -0.492 e. The van der Waals surface area contributed by atoms with Gasteiger partial charge in [0, 0.05) is 44.5 Å². The number of ether oxygens (including phenoxy) is 1. The first kappa shape index (κ1) is 20.9. The van der Waals surface area contributed by atoms with Crippen LogP contribution in [0.4, 0.5) is 10.1 Å². The van der Waals surface area contributed by atoms with Crippen molar-refractivity contribution in [2.75, 3.05) is 31.1 Å². The van der Waals surface area contributed by atoms with Crippen LogP contribution in [0, 0.1) is 5.82 Å². The minimum absolute atomic E-state index is 0.215. The summed E-state index contributed by atoms with van der Waals surface area (Å²) < 4.78 is 20.2. The lowest BCUT2D eigenvalue weighted by Gasteiger charge is -2.40. The summed E-state index contributed by atoms with van der Waals surface area (Å²) in [6.07, 6.45) is 2.93. The molecule has 0 saturated carbocycles. The van der Waals surface area contributed by atoms with Crippen molar-refractivity contribution in [1.29, 1.82) is 0 Å². The molecule has 6 heteroatoms. The molecule has 0 radical (unpaired) electrons. The number of hydrogen-bond donors (Lipinski definition) is 1. The molecule has 1 fully saturated rings.